The molecule has 0 heterocycles. The summed E-state index contributed by atoms with van der Waals surface area (Å²) in [6, 6.07) is 0. The zero-order valence-electron chi connectivity index (χ0n) is 5.06. The van der Waals surface area contributed by atoms with Crippen LogP contribution in [-0.2, 0) is 4.57 Å². The fourth-order valence-corrected chi connectivity index (χ4v) is 0.597. The highest BCUT2D eigenvalue weighted by Crippen LogP contribution is 2.35. The molecule has 0 saturated carbocycles. The quantitative estimate of drug-likeness (QED) is 0.457. The molecule has 0 aliphatic heterocycles. The van der Waals surface area contributed by atoms with E-state index in [1.165, 1.54) is 6.08 Å². The molecule has 0 saturated heterocycles. The molecule has 0 aliphatic carbocycles. The normalized spacial score (nSPS) is 13.7. The van der Waals surface area contributed by atoms with E-state index in [0.717, 1.165) is 5.82 Å². The van der Waals surface area contributed by atoms with Crippen LogP contribution in [0.15, 0.2) is 24.0 Å². The predicted molar refractivity (Wildman–Crippen MR) is 36.0 cm³/mol. The van der Waals surface area contributed by atoms with Crippen molar-refractivity contribution < 1.29 is 14.4 Å². The Labute approximate surface area is 53.9 Å². The molecule has 52 valence electrons. The third-order valence-corrected chi connectivity index (χ3v) is 1.14. The Morgan fingerprint density at radius 1 is 1.33 bits per heavy atom. The van der Waals surface area contributed by atoms with Gasteiger partial charge in [-0.2, -0.15) is 0 Å². The molecule has 0 amide bonds. The molecule has 0 unspecified atom stereocenters. The number of hydrogen-bond acceptors (Lipinski definition) is 1. The van der Waals surface area contributed by atoms with Crippen LogP contribution < -0.4 is 0 Å². The average molecular weight is 148 g/mol. The minimum atomic E-state index is -3.93. The van der Waals surface area contributed by atoms with E-state index in [4.69, 9.17) is 9.79 Å². The number of rotatable bonds is 2. The summed E-state index contributed by atoms with van der Waals surface area (Å²) in [4.78, 5) is 16.5. The van der Waals surface area contributed by atoms with Crippen LogP contribution in [0.5, 0.6) is 0 Å². The van der Waals surface area contributed by atoms with E-state index in [1.807, 2.05) is 0 Å². The third-order valence-electron chi connectivity index (χ3n) is 0.584. The van der Waals surface area contributed by atoms with Crippen LogP contribution in [0.25, 0.3) is 0 Å². The van der Waals surface area contributed by atoms with Gasteiger partial charge in [0.1, 0.15) is 0 Å². The van der Waals surface area contributed by atoms with Gasteiger partial charge in [-0.1, -0.05) is 18.2 Å². The monoisotopic (exact) mass is 148 g/mol. The van der Waals surface area contributed by atoms with E-state index in [2.05, 4.69) is 0 Å². The van der Waals surface area contributed by atoms with Crippen molar-refractivity contribution in [3.05, 3.63) is 24.0 Å². The van der Waals surface area contributed by atoms with Crippen LogP contribution in [0.4, 0.5) is 0 Å². The van der Waals surface area contributed by atoms with Crippen molar-refractivity contribution in [2.24, 2.45) is 0 Å². The van der Waals surface area contributed by atoms with Gasteiger partial charge >= 0.3 is 7.60 Å². The Hall–Kier alpha value is -0.370. The molecule has 3 nitrogen and oxygen atoms in total. The lowest BCUT2D eigenvalue weighted by molar-refractivity contribution is 0.386. The first-order valence-electron chi connectivity index (χ1n) is 2.42. The topological polar surface area (TPSA) is 57.5 Å². The highest BCUT2D eigenvalue weighted by Gasteiger charge is 2.02. The Morgan fingerprint density at radius 3 is 2.22 bits per heavy atom. The summed E-state index contributed by atoms with van der Waals surface area (Å²) in [6.07, 6.45) is 4.56. The summed E-state index contributed by atoms with van der Waals surface area (Å²) in [5.41, 5.74) is 0. The highest BCUT2D eigenvalue weighted by molar-refractivity contribution is 7.55. The molecule has 0 bridgehead atoms. The van der Waals surface area contributed by atoms with Crippen LogP contribution >= 0.6 is 7.60 Å². The summed E-state index contributed by atoms with van der Waals surface area (Å²) >= 11 is 0. The number of hydrogen-bond donors (Lipinski definition) is 2. The van der Waals surface area contributed by atoms with Gasteiger partial charge in [0.2, 0.25) is 0 Å². The van der Waals surface area contributed by atoms with Gasteiger partial charge in [0.25, 0.3) is 0 Å². The molecule has 0 aliphatic rings. The first-order valence-corrected chi connectivity index (χ1v) is 4.10. The molecule has 0 rings (SSSR count). The Kier molecular flexibility index (Phi) is 3.47. The zero-order chi connectivity index (χ0) is 7.33. The van der Waals surface area contributed by atoms with Crippen molar-refractivity contribution in [2.75, 3.05) is 0 Å². The summed E-state index contributed by atoms with van der Waals surface area (Å²) in [5, 5.41) is 0. The molecule has 2 N–H and O–H groups in total. The predicted octanol–water partition coefficient (Wildman–Crippen LogP) is 1.25. The van der Waals surface area contributed by atoms with E-state index < -0.39 is 7.60 Å². The summed E-state index contributed by atoms with van der Waals surface area (Å²) in [6.45, 7) is 1.77. The van der Waals surface area contributed by atoms with Crippen molar-refractivity contribution in [1.29, 1.82) is 0 Å². The van der Waals surface area contributed by atoms with Crippen molar-refractivity contribution in [3.8, 4) is 0 Å². The largest absolute Gasteiger partial charge is 0.349 e. The average Bonchev–Trinajstić information content (AvgIpc) is 1.63. The van der Waals surface area contributed by atoms with Crippen LogP contribution in [-0.4, -0.2) is 9.79 Å². The van der Waals surface area contributed by atoms with Crippen LogP contribution in [0, 0.1) is 0 Å². The second-order valence-electron chi connectivity index (χ2n) is 1.46. The standard InChI is InChI=1S/C5H9O3P/c1-2-3-4-5-9(6,7)8/h2-5H,1H3,(H2,6,7,8). The lowest BCUT2D eigenvalue weighted by atomic mass is 10.5. The fraction of sp³-hybridized carbons (Fsp3) is 0.200. The molecular weight excluding hydrogens is 139 g/mol. The molecule has 0 atom stereocenters. The third kappa shape index (κ3) is 7.63. The smallest absolute Gasteiger partial charge is 0.321 e. The molecule has 0 radical (unpaired) electrons. The van der Waals surface area contributed by atoms with Crippen molar-refractivity contribution in [1.82, 2.24) is 0 Å². The molecular formula is C5H9O3P. The Morgan fingerprint density at radius 2 is 1.89 bits per heavy atom. The maximum atomic E-state index is 10.1. The SMILES string of the molecule is CC=CC=CP(=O)(O)O. The van der Waals surface area contributed by atoms with Crippen LogP contribution in [0.3, 0.4) is 0 Å². The molecule has 0 aromatic heterocycles. The van der Waals surface area contributed by atoms with E-state index >= 15 is 0 Å². The Bertz CT molecular complexity index is 165. The summed E-state index contributed by atoms with van der Waals surface area (Å²) < 4.78 is 10.1. The van der Waals surface area contributed by atoms with Gasteiger partial charge in [-0.15, -0.1) is 0 Å². The van der Waals surface area contributed by atoms with Crippen molar-refractivity contribution >= 4 is 7.60 Å². The molecule has 0 aromatic rings. The lowest BCUT2D eigenvalue weighted by Gasteiger charge is -1.90. The molecule has 0 fully saturated rings. The van der Waals surface area contributed by atoms with Gasteiger partial charge < -0.3 is 9.79 Å². The maximum Gasteiger partial charge on any atom is 0.349 e. The van der Waals surface area contributed by atoms with Crippen molar-refractivity contribution in [3.63, 3.8) is 0 Å². The van der Waals surface area contributed by atoms with E-state index in [-0.39, 0.29) is 0 Å². The maximum absolute atomic E-state index is 10.1. The van der Waals surface area contributed by atoms with E-state index in [9.17, 15) is 4.57 Å². The molecule has 4 heteroatoms. The minimum absolute atomic E-state index is 0.854. The van der Waals surface area contributed by atoms with E-state index in [0.29, 0.717) is 0 Å². The first-order chi connectivity index (χ1) is 4.06. The van der Waals surface area contributed by atoms with Gasteiger partial charge in [-0.25, -0.2) is 0 Å². The fourth-order valence-electron chi connectivity index (χ4n) is 0.273. The van der Waals surface area contributed by atoms with Crippen LogP contribution in [0.2, 0.25) is 0 Å². The molecule has 0 spiro atoms. The molecule has 9 heavy (non-hydrogen) atoms. The lowest BCUT2D eigenvalue weighted by Crippen LogP contribution is -1.66. The highest BCUT2D eigenvalue weighted by atomic mass is 31.2. The van der Waals surface area contributed by atoms with Gasteiger partial charge in [0.05, 0.1) is 0 Å². The zero-order valence-corrected chi connectivity index (χ0v) is 5.95. The minimum Gasteiger partial charge on any atom is -0.321 e. The first kappa shape index (κ1) is 8.63. The summed E-state index contributed by atoms with van der Waals surface area (Å²) in [7, 11) is -3.93. The van der Waals surface area contributed by atoms with Gasteiger partial charge in [0.15, 0.2) is 0 Å². The van der Waals surface area contributed by atoms with E-state index in [1.54, 1.807) is 19.1 Å². The molecule has 0 aromatic carbocycles. The second kappa shape index (κ2) is 3.62. The number of allylic oxidation sites excluding steroid dienone is 3. The second-order valence-corrected chi connectivity index (χ2v) is 2.93. The Balaban J connectivity index is 3.86. The van der Waals surface area contributed by atoms with Crippen molar-refractivity contribution in [2.45, 2.75) is 6.92 Å². The van der Waals surface area contributed by atoms with Gasteiger partial charge in [0, 0.05) is 5.82 Å². The van der Waals surface area contributed by atoms with Crippen LogP contribution in [0.1, 0.15) is 6.92 Å². The van der Waals surface area contributed by atoms with Gasteiger partial charge in [-0.05, 0) is 6.92 Å². The summed E-state index contributed by atoms with van der Waals surface area (Å²) in [5.74, 6) is 0.854. The van der Waals surface area contributed by atoms with Gasteiger partial charge in [-0.3, -0.25) is 4.57 Å².